The average Bonchev–Trinajstić information content (AvgIpc) is 3.32. The van der Waals surface area contributed by atoms with Gasteiger partial charge in [0, 0.05) is 24.4 Å². The first kappa shape index (κ1) is 19.1. The predicted octanol–water partition coefficient (Wildman–Crippen LogP) is 3.66. The first-order valence-corrected chi connectivity index (χ1v) is 9.32. The van der Waals surface area contributed by atoms with Gasteiger partial charge < -0.3 is 14.9 Å². The molecule has 1 aromatic heterocycles. The van der Waals surface area contributed by atoms with Crippen molar-refractivity contribution in [2.24, 2.45) is 0 Å². The molecule has 27 heavy (non-hydrogen) atoms. The fourth-order valence-electron chi connectivity index (χ4n) is 3.26. The highest BCUT2D eigenvalue weighted by molar-refractivity contribution is 5.91. The number of carbonyl (C=O) groups excluding carboxylic acids is 1. The summed E-state index contributed by atoms with van der Waals surface area (Å²) in [7, 11) is 0. The summed E-state index contributed by atoms with van der Waals surface area (Å²) < 4.78 is 5.26. The van der Waals surface area contributed by atoms with Crippen LogP contribution in [0.3, 0.4) is 0 Å². The second-order valence-corrected chi connectivity index (χ2v) is 7.58. The Kier molecular flexibility index (Phi) is 5.58. The molecule has 3 rings (SSSR count). The van der Waals surface area contributed by atoms with Gasteiger partial charge >= 0.3 is 5.97 Å². The molecular weight excluding hydrogens is 346 g/mol. The van der Waals surface area contributed by atoms with Crippen molar-refractivity contribution in [2.75, 3.05) is 5.32 Å². The van der Waals surface area contributed by atoms with E-state index >= 15 is 0 Å². The van der Waals surface area contributed by atoms with Crippen LogP contribution in [0.15, 0.2) is 28.8 Å². The van der Waals surface area contributed by atoms with E-state index in [0.29, 0.717) is 29.5 Å². The third-order valence-corrected chi connectivity index (χ3v) is 5.20. The molecule has 0 radical (unpaired) electrons. The third-order valence-electron chi connectivity index (χ3n) is 5.20. The van der Waals surface area contributed by atoms with E-state index in [1.165, 1.54) is 12.8 Å². The van der Waals surface area contributed by atoms with Crippen molar-refractivity contribution in [3.63, 3.8) is 0 Å². The van der Waals surface area contributed by atoms with Gasteiger partial charge in [0.2, 0.25) is 11.8 Å². The van der Waals surface area contributed by atoms with Crippen molar-refractivity contribution in [1.82, 2.24) is 10.1 Å². The van der Waals surface area contributed by atoms with Gasteiger partial charge in [0.05, 0.1) is 5.41 Å². The zero-order valence-electron chi connectivity index (χ0n) is 15.7. The Morgan fingerprint density at radius 3 is 2.52 bits per heavy atom. The summed E-state index contributed by atoms with van der Waals surface area (Å²) >= 11 is 0. The maximum absolute atomic E-state index is 12.1. The number of rotatable bonds is 7. The molecule has 1 heterocycles. The lowest BCUT2D eigenvalue weighted by Gasteiger charge is -2.19. The fraction of sp³-hybridized carbons (Fsp3) is 0.500. The molecule has 1 aliphatic rings. The quantitative estimate of drug-likeness (QED) is 0.769. The summed E-state index contributed by atoms with van der Waals surface area (Å²) in [5, 5.41) is 16.1. The van der Waals surface area contributed by atoms with Gasteiger partial charge in [0.15, 0.2) is 5.82 Å². The minimum Gasteiger partial charge on any atom is -0.481 e. The smallest absolute Gasteiger partial charge is 0.313 e. The highest BCUT2D eigenvalue weighted by Gasteiger charge is 2.29. The molecule has 7 heteroatoms. The molecule has 0 bridgehead atoms. The van der Waals surface area contributed by atoms with Crippen LogP contribution in [0.2, 0.25) is 0 Å². The summed E-state index contributed by atoms with van der Waals surface area (Å²) in [6, 6.07) is 6.86. The number of anilines is 1. The number of aryl methyl sites for hydroxylation is 1. The number of nitrogens with one attached hydrogen (secondary N) is 1. The number of amides is 1. The number of carboxylic acid groups (broad SMARTS) is 1. The lowest BCUT2D eigenvalue weighted by atomic mass is 9.85. The number of carboxylic acids is 1. The average molecular weight is 371 g/mol. The van der Waals surface area contributed by atoms with Crippen LogP contribution in [0.5, 0.6) is 0 Å². The molecular formula is C20H25N3O4. The van der Waals surface area contributed by atoms with Crippen LogP contribution in [0.25, 0.3) is 0 Å². The van der Waals surface area contributed by atoms with Gasteiger partial charge in [-0.15, -0.1) is 0 Å². The van der Waals surface area contributed by atoms with E-state index in [1.807, 2.05) is 0 Å². The van der Waals surface area contributed by atoms with Gasteiger partial charge in [0.25, 0.3) is 0 Å². The van der Waals surface area contributed by atoms with Crippen molar-refractivity contribution in [3.05, 3.63) is 41.5 Å². The Labute approximate surface area is 158 Å². The summed E-state index contributed by atoms with van der Waals surface area (Å²) in [5.41, 5.74) is 0.331. The highest BCUT2D eigenvalue weighted by atomic mass is 16.5. The number of aliphatic carboxylic acids is 1. The molecule has 0 unspecified atom stereocenters. The standard InChI is InChI=1S/C20H25N3O4/c1-20(2,19(25)26)14-7-9-15(10-8-14)21-16(24)11-12-17-22-18(23-27-17)13-5-3-4-6-13/h7-10,13H,3-6,11-12H2,1-2H3,(H,21,24)(H,25,26). The Hall–Kier alpha value is -2.70. The van der Waals surface area contributed by atoms with Crippen LogP contribution in [-0.4, -0.2) is 27.1 Å². The van der Waals surface area contributed by atoms with E-state index < -0.39 is 11.4 Å². The Bertz CT molecular complexity index is 805. The van der Waals surface area contributed by atoms with E-state index in [9.17, 15) is 14.7 Å². The highest BCUT2D eigenvalue weighted by Crippen LogP contribution is 2.32. The zero-order chi connectivity index (χ0) is 19.4. The SMILES string of the molecule is CC(C)(C(=O)O)c1ccc(NC(=O)CCc2nc(C3CCCC3)no2)cc1. The van der Waals surface area contributed by atoms with Crippen molar-refractivity contribution < 1.29 is 19.2 Å². The van der Waals surface area contributed by atoms with Gasteiger partial charge in [-0.3, -0.25) is 9.59 Å². The molecule has 2 N–H and O–H groups in total. The Morgan fingerprint density at radius 2 is 1.89 bits per heavy atom. The van der Waals surface area contributed by atoms with Gasteiger partial charge in [-0.25, -0.2) is 0 Å². The van der Waals surface area contributed by atoms with Crippen LogP contribution < -0.4 is 5.32 Å². The first-order valence-electron chi connectivity index (χ1n) is 9.32. The van der Waals surface area contributed by atoms with Crippen LogP contribution in [0.4, 0.5) is 5.69 Å². The van der Waals surface area contributed by atoms with Crippen molar-refractivity contribution in [1.29, 1.82) is 0 Å². The van der Waals surface area contributed by atoms with Gasteiger partial charge in [-0.05, 0) is 44.4 Å². The normalized spacial score (nSPS) is 15.0. The number of hydrogen-bond donors (Lipinski definition) is 2. The largest absolute Gasteiger partial charge is 0.481 e. The lowest BCUT2D eigenvalue weighted by Crippen LogP contribution is -2.28. The van der Waals surface area contributed by atoms with E-state index in [2.05, 4.69) is 15.5 Å². The number of hydrogen-bond acceptors (Lipinski definition) is 5. The number of nitrogens with zero attached hydrogens (tertiary/aromatic N) is 2. The molecule has 0 atom stereocenters. The minimum absolute atomic E-state index is 0.152. The monoisotopic (exact) mass is 371 g/mol. The van der Waals surface area contributed by atoms with Crippen LogP contribution >= 0.6 is 0 Å². The van der Waals surface area contributed by atoms with Crippen LogP contribution in [0, 0.1) is 0 Å². The molecule has 0 aliphatic heterocycles. The molecule has 2 aromatic rings. The fourth-order valence-corrected chi connectivity index (χ4v) is 3.26. The molecule has 1 amide bonds. The lowest BCUT2D eigenvalue weighted by molar-refractivity contribution is -0.142. The van der Waals surface area contributed by atoms with Gasteiger partial charge in [-0.1, -0.05) is 30.1 Å². The summed E-state index contributed by atoms with van der Waals surface area (Å²) in [6.45, 7) is 3.29. The zero-order valence-corrected chi connectivity index (χ0v) is 15.7. The first-order chi connectivity index (χ1) is 12.9. The molecule has 1 fully saturated rings. The molecule has 0 spiro atoms. The molecule has 144 valence electrons. The van der Waals surface area contributed by atoms with Crippen LogP contribution in [0.1, 0.15) is 69.1 Å². The second-order valence-electron chi connectivity index (χ2n) is 7.58. The summed E-state index contributed by atoms with van der Waals surface area (Å²) in [4.78, 5) is 27.9. The van der Waals surface area contributed by atoms with E-state index in [4.69, 9.17) is 4.52 Å². The van der Waals surface area contributed by atoms with Gasteiger partial charge in [-0.2, -0.15) is 4.98 Å². The van der Waals surface area contributed by atoms with Crippen molar-refractivity contribution >= 4 is 17.6 Å². The third kappa shape index (κ3) is 4.53. The van der Waals surface area contributed by atoms with E-state index in [1.54, 1.807) is 38.1 Å². The van der Waals surface area contributed by atoms with Gasteiger partial charge in [0.1, 0.15) is 0 Å². The Balaban J connectivity index is 1.51. The number of aromatic nitrogens is 2. The minimum atomic E-state index is -0.975. The molecule has 0 saturated heterocycles. The number of benzene rings is 1. The maximum Gasteiger partial charge on any atom is 0.313 e. The summed E-state index contributed by atoms with van der Waals surface area (Å²) in [6.07, 6.45) is 5.27. The Morgan fingerprint density at radius 1 is 1.22 bits per heavy atom. The molecule has 7 nitrogen and oxygen atoms in total. The molecule has 1 saturated carbocycles. The van der Waals surface area contributed by atoms with Crippen molar-refractivity contribution in [3.8, 4) is 0 Å². The molecule has 1 aliphatic carbocycles. The van der Waals surface area contributed by atoms with Crippen LogP contribution in [-0.2, 0) is 21.4 Å². The van der Waals surface area contributed by atoms with E-state index in [-0.39, 0.29) is 12.3 Å². The van der Waals surface area contributed by atoms with E-state index in [0.717, 1.165) is 18.7 Å². The predicted molar refractivity (Wildman–Crippen MR) is 99.6 cm³/mol. The molecule has 1 aromatic carbocycles. The topological polar surface area (TPSA) is 105 Å². The second kappa shape index (κ2) is 7.90. The number of carbonyl (C=O) groups is 2. The summed E-state index contributed by atoms with van der Waals surface area (Å²) in [5.74, 6) is 0.603. The van der Waals surface area contributed by atoms with Crippen molar-refractivity contribution in [2.45, 2.75) is 63.7 Å². The maximum atomic E-state index is 12.1.